The first-order valence-electron chi connectivity index (χ1n) is 6.69. The fourth-order valence-corrected chi connectivity index (χ4v) is 2.04. The molecule has 108 valence electrons. The van der Waals surface area contributed by atoms with Crippen LogP contribution in [0.2, 0.25) is 0 Å². The maximum Gasteiger partial charge on any atom is 0.255 e. The van der Waals surface area contributed by atoms with E-state index in [4.69, 9.17) is 4.42 Å². The second-order valence-electron chi connectivity index (χ2n) is 5.23. The Morgan fingerprint density at radius 3 is 2.50 bits per heavy atom. The average molecular weight is 276 g/mol. The third kappa shape index (κ3) is 3.26. The SMILES string of the molecule is Cc1cc(C(=O)N[C@@H](Cn2nccn2)C(C)C)c(C)o1. The van der Waals surface area contributed by atoms with Crippen molar-refractivity contribution in [2.24, 2.45) is 5.92 Å². The molecule has 6 nitrogen and oxygen atoms in total. The first-order chi connectivity index (χ1) is 9.47. The molecule has 0 aliphatic carbocycles. The van der Waals surface area contributed by atoms with E-state index in [1.807, 2.05) is 6.92 Å². The van der Waals surface area contributed by atoms with Gasteiger partial charge in [-0.1, -0.05) is 13.8 Å². The Balaban J connectivity index is 2.08. The fourth-order valence-electron chi connectivity index (χ4n) is 2.04. The zero-order chi connectivity index (χ0) is 14.7. The lowest BCUT2D eigenvalue weighted by molar-refractivity contribution is 0.0916. The van der Waals surface area contributed by atoms with Gasteiger partial charge in [-0.05, 0) is 25.8 Å². The zero-order valence-corrected chi connectivity index (χ0v) is 12.3. The summed E-state index contributed by atoms with van der Waals surface area (Å²) in [6.07, 6.45) is 3.26. The maximum absolute atomic E-state index is 12.3. The monoisotopic (exact) mass is 276 g/mol. The summed E-state index contributed by atoms with van der Waals surface area (Å²) in [6, 6.07) is 1.72. The Labute approximate surface area is 118 Å². The van der Waals surface area contributed by atoms with Gasteiger partial charge >= 0.3 is 0 Å². The van der Waals surface area contributed by atoms with Gasteiger partial charge in [0.15, 0.2) is 0 Å². The van der Waals surface area contributed by atoms with Crippen molar-refractivity contribution in [1.82, 2.24) is 20.3 Å². The van der Waals surface area contributed by atoms with Gasteiger partial charge in [-0.3, -0.25) is 4.79 Å². The maximum atomic E-state index is 12.3. The largest absolute Gasteiger partial charge is 0.466 e. The number of hydrogen-bond donors (Lipinski definition) is 1. The Morgan fingerprint density at radius 1 is 1.35 bits per heavy atom. The first-order valence-corrected chi connectivity index (χ1v) is 6.69. The molecule has 2 aromatic heterocycles. The van der Waals surface area contributed by atoms with Crippen LogP contribution < -0.4 is 5.32 Å². The van der Waals surface area contributed by atoms with Crippen molar-refractivity contribution < 1.29 is 9.21 Å². The van der Waals surface area contributed by atoms with Crippen LogP contribution in [0, 0.1) is 19.8 Å². The van der Waals surface area contributed by atoms with Crippen LogP contribution in [0.5, 0.6) is 0 Å². The van der Waals surface area contributed by atoms with Crippen LogP contribution >= 0.6 is 0 Å². The Kier molecular flexibility index (Phi) is 4.22. The highest BCUT2D eigenvalue weighted by Crippen LogP contribution is 2.14. The van der Waals surface area contributed by atoms with Gasteiger partial charge in [0.2, 0.25) is 0 Å². The van der Waals surface area contributed by atoms with Crippen molar-refractivity contribution in [3.8, 4) is 0 Å². The van der Waals surface area contributed by atoms with Crippen LogP contribution in [0.15, 0.2) is 22.9 Å². The molecule has 0 bridgehead atoms. The van der Waals surface area contributed by atoms with Crippen molar-refractivity contribution in [3.63, 3.8) is 0 Å². The van der Waals surface area contributed by atoms with Gasteiger partial charge in [-0.15, -0.1) is 0 Å². The number of carbonyl (C=O) groups is 1. The highest BCUT2D eigenvalue weighted by atomic mass is 16.3. The quantitative estimate of drug-likeness (QED) is 0.905. The number of hydrogen-bond acceptors (Lipinski definition) is 4. The highest BCUT2D eigenvalue weighted by Gasteiger charge is 2.21. The molecule has 0 fully saturated rings. The summed E-state index contributed by atoms with van der Waals surface area (Å²) in [5, 5.41) is 11.2. The molecular weight excluding hydrogens is 256 g/mol. The number of nitrogens with zero attached hydrogens (tertiary/aromatic N) is 3. The number of aromatic nitrogens is 3. The van der Waals surface area contributed by atoms with Gasteiger partial charge < -0.3 is 9.73 Å². The van der Waals surface area contributed by atoms with Crippen LogP contribution in [0.1, 0.15) is 35.7 Å². The third-order valence-electron chi connectivity index (χ3n) is 3.23. The molecule has 2 aromatic rings. The minimum atomic E-state index is -0.120. The van der Waals surface area contributed by atoms with Crippen LogP contribution in [0.3, 0.4) is 0 Å². The normalized spacial score (nSPS) is 12.7. The van der Waals surface area contributed by atoms with Crippen molar-refractivity contribution in [2.45, 2.75) is 40.3 Å². The molecule has 0 spiro atoms. The standard InChI is InChI=1S/C14H20N4O2/c1-9(2)13(8-18-15-5-6-16-18)17-14(19)12-7-10(3)20-11(12)4/h5-7,9,13H,8H2,1-4H3,(H,17,19)/t13-/m0/s1. The summed E-state index contributed by atoms with van der Waals surface area (Å²) in [5.74, 6) is 1.53. The van der Waals surface area contributed by atoms with E-state index in [1.54, 1.807) is 30.2 Å². The number of rotatable bonds is 5. The van der Waals surface area contributed by atoms with E-state index < -0.39 is 0 Å². The van der Waals surface area contributed by atoms with Gasteiger partial charge in [0.1, 0.15) is 11.5 Å². The molecule has 0 aromatic carbocycles. The first kappa shape index (κ1) is 14.3. The molecule has 0 saturated carbocycles. The lowest BCUT2D eigenvalue weighted by Gasteiger charge is -2.21. The molecule has 6 heteroatoms. The van der Waals surface area contributed by atoms with Gasteiger partial charge in [0, 0.05) is 0 Å². The average Bonchev–Trinajstić information content (AvgIpc) is 2.97. The Morgan fingerprint density at radius 2 is 2.00 bits per heavy atom. The van der Waals surface area contributed by atoms with E-state index in [9.17, 15) is 4.79 Å². The van der Waals surface area contributed by atoms with Crippen LogP contribution in [-0.2, 0) is 6.54 Å². The minimum Gasteiger partial charge on any atom is -0.466 e. The van der Waals surface area contributed by atoms with E-state index >= 15 is 0 Å². The van der Waals surface area contributed by atoms with Gasteiger partial charge in [0.05, 0.1) is 30.5 Å². The molecule has 0 aliphatic rings. The van der Waals surface area contributed by atoms with E-state index in [1.165, 1.54) is 0 Å². The summed E-state index contributed by atoms with van der Waals surface area (Å²) >= 11 is 0. The summed E-state index contributed by atoms with van der Waals surface area (Å²) in [5.41, 5.74) is 0.585. The molecule has 0 saturated heterocycles. The van der Waals surface area contributed by atoms with Crippen LogP contribution in [-0.4, -0.2) is 26.9 Å². The molecule has 2 rings (SSSR count). The second kappa shape index (κ2) is 5.90. The molecule has 0 unspecified atom stereocenters. The predicted octanol–water partition coefficient (Wildman–Crippen LogP) is 1.94. The predicted molar refractivity (Wildman–Crippen MR) is 74.3 cm³/mol. The van der Waals surface area contributed by atoms with E-state index in [-0.39, 0.29) is 17.9 Å². The molecule has 20 heavy (non-hydrogen) atoms. The molecule has 1 amide bonds. The summed E-state index contributed by atoms with van der Waals surface area (Å²) in [6.45, 7) is 8.29. The molecule has 0 radical (unpaired) electrons. The lowest BCUT2D eigenvalue weighted by Crippen LogP contribution is -2.42. The fraction of sp³-hybridized carbons (Fsp3) is 0.500. The number of amides is 1. The number of nitrogens with one attached hydrogen (secondary N) is 1. The van der Waals surface area contributed by atoms with Gasteiger partial charge in [-0.2, -0.15) is 15.0 Å². The van der Waals surface area contributed by atoms with E-state index in [0.717, 1.165) is 5.76 Å². The summed E-state index contributed by atoms with van der Waals surface area (Å²) < 4.78 is 5.39. The molecular formula is C14H20N4O2. The number of aryl methyl sites for hydroxylation is 2. The zero-order valence-electron chi connectivity index (χ0n) is 12.3. The van der Waals surface area contributed by atoms with E-state index in [0.29, 0.717) is 17.9 Å². The van der Waals surface area contributed by atoms with Crippen molar-refractivity contribution >= 4 is 5.91 Å². The van der Waals surface area contributed by atoms with Crippen molar-refractivity contribution in [2.75, 3.05) is 0 Å². The van der Waals surface area contributed by atoms with Crippen molar-refractivity contribution in [3.05, 3.63) is 35.5 Å². The third-order valence-corrected chi connectivity index (χ3v) is 3.23. The molecule has 0 aliphatic heterocycles. The lowest BCUT2D eigenvalue weighted by atomic mass is 10.0. The van der Waals surface area contributed by atoms with Gasteiger partial charge in [0.25, 0.3) is 5.91 Å². The minimum absolute atomic E-state index is 0.0375. The van der Waals surface area contributed by atoms with E-state index in [2.05, 4.69) is 29.4 Å². The number of furan rings is 1. The Hall–Kier alpha value is -2.11. The smallest absolute Gasteiger partial charge is 0.255 e. The van der Waals surface area contributed by atoms with Crippen LogP contribution in [0.25, 0.3) is 0 Å². The number of carbonyl (C=O) groups excluding carboxylic acids is 1. The molecule has 1 N–H and O–H groups in total. The second-order valence-corrected chi connectivity index (χ2v) is 5.23. The van der Waals surface area contributed by atoms with Crippen molar-refractivity contribution in [1.29, 1.82) is 0 Å². The molecule has 2 heterocycles. The topological polar surface area (TPSA) is 73.0 Å². The van der Waals surface area contributed by atoms with Crippen LogP contribution in [0.4, 0.5) is 0 Å². The molecule has 1 atom stereocenters. The Bertz CT molecular complexity index is 572. The van der Waals surface area contributed by atoms with Gasteiger partial charge in [-0.25, -0.2) is 0 Å². The summed E-state index contributed by atoms with van der Waals surface area (Å²) in [7, 11) is 0. The summed E-state index contributed by atoms with van der Waals surface area (Å²) in [4.78, 5) is 13.9. The highest BCUT2D eigenvalue weighted by molar-refractivity contribution is 5.95.